The number of alkyl halides is 2. The molecule has 0 saturated carbocycles. The summed E-state index contributed by atoms with van der Waals surface area (Å²) in [7, 11) is 1.57. The molecular weight excluding hydrogens is 256 g/mol. The van der Waals surface area contributed by atoms with Gasteiger partial charge in [-0.15, -0.1) is 0 Å². The van der Waals surface area contributed by atoms with Crippen LogP contribution in [-0.4, -0.2) is 36.3 Å². The van der Waals surface area contributed by atoms with Crippen LogP contribution in [0.4, 0.5) is 14.7 Å². The van der Waals surface area contributed by atoms with Gasteiger partial charge in [-0.05, 0) is 12.1 Å². The number of nitrogens with zero attached hydrogens (tertiary/aromatic N) is 2. The van der Waals surface area contributed by atoms with Gasteiger partial charge in [-0.1, -0.05) is 0 Å². The molecule has 1 heterocycles. The number of hydrogen-bond acceptors (Lipinski definition) is 4. The number of methoxy groups -OCH3 is 1. The molecule has 0 unspecified atom stereocenters. The maximum absolute atomic E-state index is 11.9. The van der Waals surface area contributed by atoms with Gasteiger partial charge in [-0.25, -0.2) is 13.8 Å². The van der Waals surface area contributed by atoms with Gasteiger partial charge in [0, 0.05) is 12.6 Å². The first-order valence-electron chi connectivity index (χ1n) is 5.77. The van der Waals surface area contributed by atoms with E-state index in [-0.39, 0.29) is 6.61 Å². The van der Waals surface area contributed by atoms with Crippen molar-refractivity contribution in [3.05, 3.63) is 18.2 Å². The van der Waals surface area contributed by atoms with Crippen LogP contribution in [-0.2, 0) is 11.3 Å². The number of anilines is 1. The Morgan fingerprint density at radius 2 is 2.21 bits per heavy atom. The number of fused-ring (bicyclic) bond motifs is 1. The van der Waals surface area contributed by atoms with Crippen LogP contribution in [0.2, 0.25) is 0 Å². The van der Waals surface area contributed by atoms with E-state index in [0.29, 0.717) is 18.2 Å². The molecule has 0 amide bonds. The van der Waals surface area contributed by atoms with Crippen molar-refractivity contribution in [2.45, 2.75) is 13.0 Å². The maximum Gasteiger partial charge on any atom is 0.261 e. The standard InChI is InChI=1S/C12H15F2N3O2/c1-18-8-2-3-9-10(6-8)17(12(15)16-9)4-5-19-7-11(13)14/h2-3,6,11H,4-5,7H2,1H3,(H2,15,16). The summed E-state index contributed by atoms with van der Waals surface area (Å²) in [6.07, 6.45) is -2.46. The third-order valence-corrected chi connectivity index (χ3v) is 2.69. The van der Waals surface area contributed by atoms with E-state index in [1.54, 1.807) is 29.9 Å². The molecule has 0 saturated heterocycles. The maximum atomic E-state index is 11.9. The first-order valence-corrected chi connectivity index (χ1v) is 5.77. The lowest BCUT2D eigenvalue weighted by molar-refractivity contribution is 0.0151. The fraction of sp³-hybridized carbons (Fsp3) is 0.417. The highest BCUT2D eigenvalue weighted by Crippen LogP contribution is 2.22. The Hall–Kier alpha value is -1.89. The highest BCUT2D eigenvalue weighted by molar-refractivity contribution is 5.79. The van der Waals surface area contributed by atoms with Crippen molar-refractivity contribution in [1.82, 2.24) is 9.55 Å². The minimum atomic E-state index is -2.46. The first-order chi connectivity index (χ1) is 9.11. The Balaban J connectivity index is 2.14. The zero-order valence-electron chi connectivity index (χ0n) is 10.5. The quantitative estimate of drug-likeness (QED) is 0.815. The fourth-order valence-electron chi connectivity index (χ4n) is 1.81. The van der Waals surface area contributed by atoms with Crippen LogP contribution < -0.4 is 10.5 Å². The normalized spacial score (nSPS) is 11.4. The molecule has 0 spiro atoms. The number of imidazole rings is 1. The zero-order chi connectivity index (χ0) is 13.8. The molecule has 0 atom stereocenters. The van der Waals surface area contributed by atoms with E-state index >= 15 is 0 Å². The van der Waals surface area contributed by atoms with E-state index in [1.807, 2.05) is 0 Å². The Labute approximate surface area is 108 Å². The lowest BCUT2D eigenvalue weighted by Crippen LogP contribution is -2.12. The van der Waals surface area contributed by atoms with E-state index < -0.39 is 13.0 Å². The first kappa shape index (κ1) is 13.5. The van der Waals surface area contributed by atoms with E-state index in [9.17, 15) is 8.78 Å². The predicted molar refractivity (Wildman–Crippen MR) is 67.5 cm³/mol. The van der Waals surface area contributed by atoms with Crippen molar-refractivity contribution in [2.75, 3.05) is 26.1 Å². The van der Waals surface area contributed by atoms with Crippen molar-refractivity contribution in [1.29, 1.82) is 0 Å². The second-order valence-electron chi connectivity index (χ2n) is 3.94. The van der Waals surface area contributed by atoms with Gasteiger partial charge < -0.3 is 19.8 Å². The lowest BCUT2D eigenvalue weighted by Gasteiger charge is -2.08. The summed E-state index contributed by atoms with van der Waals surface area (Å²) in [5.41, 5.74) is 7.31. The second-order valence-corrected chi connectivity index (χ2v) is 3.94. The van der Waals surface area contributed by atoms with Crippen LogP contribution in [0.15, 0.2) is 18.2 Å². The van der Waals surface area contributed by atoms with Gasteiger partial charge in [0.05, 0.1) is 24.8 Å². The average Bonchev–Trinajstić information content (AvgIpc) is 2.69. The highest BCUT2D eigenvalue weighted by atomic mass is 19.3. The molecule has 2 rings (SSSR count). The summed E-state index contributed by atoms with van der Waals surface area (Å²) in [4.78, 5) is 4.18. The third-order valence-electron chi connectivity index (χ3n) is 2.69. The molecule has 0 bridgehead atoms. The minimum absolute atomic E-state index is 0.150. The molecule has 5 nitrogen and oxygen atoms in total. The molecule has 0 aliphatic rings. The molecule has 1 aromatic heterocycles. The zero-order valence-corrected chi connectivity index (χ0v) is 10.5. The number of halogens is 2. The average molecular weight is 271 g/mol. The van der Waals surface area contributed by atoms with Crippen LogP contribution >= 0.6 is 0 Å². The molecule has 0 aliphatic heterocycles. The van der Waals surface area contributed by atoms with Crippen molar-refractivity contribution in [3.8, 4) is 5.75 Å². The molecule has 104 valence electrons. The van der Waals surface area contributed by atoms with Crippen molar-refractivity contribution < 1.29 is 18.3 Å². The van der Waals surface area contributed by atoms with Crippen molar-refractivity contribution >= 4 is 17.0 Å². The van der Waals surface area contributed by atoms with Gasteiger partial charge in [0.2, 0.25) is 5.95 Å². The SMILES string of the molecule is COc1ccc2nc(N)n(CCOCC(F)F)c2c1. The largest absolute Gasteiger partial charge is 0.497 e. The summed E-state index contributed by atoms with van der Waals surface area (Å²) in [5, 5.41) is 0. The monoisotopic (exact) mass is 271 g/mol. The number of ether oxygens (including phenoxy) is 2. The fourth-order valence-corrected chi connectivity index (χ4v) is 1.81. The molecule has 0 aliphatic carbocycles. The Morgan fingerprint density at radius 1 is 1.42 bits per heavy atom. The molecule has 1 aromatic carbocycles. The second kappa shape index (κ2) is 5.83. The molecule has 2 N–H and O–H groups in total. The van der Waals surface area contributed by atoms with Gasteiger partial charge in [0.1, 0.15) is 12.4 Å². The highest BCUT2D eigenvalue weighted by Gasteiger charge is 2.09. The van der Waals surface area contributed by atoms with E-state index in [4.69, 9.17) is 15.2 Å². The summed E-state index contributed by atoms with van der Waals surface area (Å²) in [6, 6.07) is 5.37. The van der Waals surface area contributed by atoms with Crippen LogP contribution in [0, 0.1) is 0 Å². The van der Waals surface area contributed by atoms with Crippen LogP contribution in [0.25, 0.3) is 11.0 Å². The number of nitrogens with two attached hydrogens (primary N) is 1. The van der Waals surface area contributed by atoms with Gasteiger partial charge in [-0.2, -0.15) is 0 Å². The molecule has 2 aromatic rings. The summed E-state index contributed by atoms with van der Waals surface area (Å²) in [6.45, 7) is -0.0602. The van der Waals surface area contributed by atoms with E-state index in [1.165, 1.54) is 0 Å². The van der Waals surface area contributed by atoms with Gasteiger partial charge >= 0.3 is 0 Å². The van der Waals surface area contributed by atoms with Gasteiger partial charge in [0.25, 0.3) is 6.43 Å². The van der Waals surface area contributed by atoms with Gasteiger partial charge in [-0.3, -0.25) is 0 Å². The Kier molecular flexibility index (Phi) is 4.16. The van der Waals surface area contributed by atoms with Crippen molar-refractivity contribution in [3.63, 3.8) is 0 Å². The van der Waals surface area contributed by atoms with Crippen molar-refractivity contribution in [2.24, 2.45) is 0 Å². The molecule has 0 fully saturated rings. The van der Waals surface area contributed by atoms with Gasteiger partial charge in [0.15, 0.2) is 0 Å². The summed E-state index contributed by atoms with van der Waals surface area (Å²) < 4.78 is 35.6. The predicted octanol–water partition coefficient (Wildman–Crippen LogP) is 1.91. The van der Waals surface area contributed by atoms with E-state index in [2.05, 4.69) is 4.98 Å². The third kappa shape index (κ3) is 3.11. The number of aromatic nitrogens is 2. The number of hydrogen-bond donors (Lipinski definition) is 1. The van der Waals surface area contributed by atoms with Crippen LogP contribution in [0.5, 0.6) is 5.75 Å². The number of nitrogen functional groups attached to an aromatic ring is 1. The molecule has 0 radical (unpaired) electrons. The summed E-state index contributed by atoms with van der Waals surface area (Å²) >= 11 is 0. The lowest BCUT2D eigenvalue weighted by atomic mass is 10.3. The van der Waals surface area contributed by atoms with Crippen LogP contribution in [0.1, 0.15) is 0 Å². The Morgan fingerprint density at radius 3 is 2.89 bits per heavy atom. The summed E-state index contributed by atoms with van der Waals surface area (Å²) in [5.74, 6) is 1.01. The molecule has 7 heteroatoms. The molecule has 19 heavy (non-hydrogen) atoms. The van der Waals surface area contributed by atoms with E-state index in [0.717, 1.165) is 11.0 Å². The minimum Gasteiger partial charge on any atom is -0.497 e. The number of benzene rings is 1. The number of rotatable bonds is 6. The van der Waals surface area contributed by atoms with Crippen LogP contribution in [0.3, 0.4) is 0 Å². The Bertz CT molecular complexity index is 557. The topological polar surface area (TPSA) is 62.3 Å². The molecular formula is C12H15F2N3O2. The smallest absolute Gasteiger partial charge is 0.261 e.